The van der Waals surface area contributed by atoms with Crippen LogP contribution in [-0.4, -0.2) is 29.8 Å². The largest absolute Gasteiger partial charge is 0.302 e. The molecule has 17 heavy (non-hydrogen) atoms. The van der Waals surface area contributed by atoms with Crippen LogP contribution < -0.4 is 5.43 Å². The first-order valence-corrected chi connectivity index (χ1v) is 6.15. The predicted octanol–water partition coefficient (Wildman–Crippen LogP) is 1.75. The molecule has 4 heteroatoms. The Morgan fingerprint density at radius 3 is 2.35 bits per heavy atom. The van der Waals surface area contributed by atoms with Crippen molar-refractivity contribution in [1.29, 1.82) is 0 Å². The lowest BCUT2D eigenvalue weighted by Crippen LogP contribution is -2.55. The number of carbonyl (C=O) groups excluding carboxylic acids is 2. The molecule has 1 fully saturated rings. The molecule has 0 aromatic heterocycles. The highest BCUT2D eigenvalue weighted by molar-refractivity contribution is 5.73. The van der Waals surface area contributed by atoms with Crippen LogP contribution in [0.25, 0.3) is 0 Å². The minimum Gasteiger partial charge on any atom is -0.302 e. The third-order valence-corrected chi connectivity index (χ3v) is 3.18. The molecule has 1 N–H and O–H groups in total. The maximum Gasteiger partial charge on any atom is 0.233 e. The molecule has 1 unspecified atom stereocenters. The number of nitrogens with one attached hydrogen (secondary N) is 1. The van der Waals surface area contributed by atoms with Gasteiger partial charge in [-0.2, -0.15) is 0 Å². The molecule has 0 spiro atoms. The number of amides is 1. The quantitative estimate of drug-likeness (QED) is 0.710. The molecule has 4 nitrogen and oxygen atoms in total. The summed E-state index contributed by atoms with van der Waals surface area (Å²) in [5.74, 6) is -0.0374. The minimum atomic E-state index is -0.273. The standard InChI is InChI=1S/C13H24N2O2/c1-10(17)15-9-13(4,5)8-12(2,3)6-11(7-16)14-15/h7,11,14H,6,8-9H2,1-5H3. The van der Waals surface area contributed by atoms with Crippen LogP contribution in [0.2, 0.25) is 0 Å². The van der Waals surface area contributed by atoms with E-state index in [-0.39, 0.29) is 22.8 Å². The SMILES string of the molecule is CC(=O)N1CC(C)(C)CC(C)(C)CC(C=O)N1. The first-order valence-electron chi connectivity index (χ1n) is 6.15. The van der Waals surface area contributed by atoms with Crippen molar-refractivity contribution < 1.29 is 9.59 Å². The number of nitrogens with zero attached hydrogens (tertiary/aromatic N) is 1. The second-order valence-corrected chi connectivity index (χ2v) is 6.69. The van der Waals surface area contributed by atoms with Gasteiger partial charge >= 0.3 is 0 Å². The fourth-order valence-corrected chi connectivity index (χ4v) is 3.02. The highest BCUT2D eigenvalue weighted by Gasteiger charge is 2.36. The zero-order valence-corrected chi connectivity index (χ0v) is 11.5. The van der Waals surface area contributed by atoms with Gasteiger partial charge in [0.2, 0.25) is 5.91 Å². The van der Waals surface area contributed by atoms with E-state index in [2.05, 4.69) is 33.1 Å². The molecule has 0 bridgehead atoms. The van der Waals surface area contributed by atoms with Crippen LogP contribution in [-0.2, 0) is 9.59 Å². The van der Waals surface area contributed by atoms with E-state index in [1.54, 1.807) is 5.01 Å². The van der Waals surface area contributed by atoms with Crippen LogP contribution in [0, 0.1) is 10.8 Å². The second-order valence-electron chi connectivity index (χ2n) is 6.69. The summed E-state index contributed by atoms with van der Waals surface area (Å²) in [7, 11) is 0. The van der Waals surface area contributed by atoms with Gasteiger partial charge in [-0.25, -0.2) is 5.43 Å². The minimum absolute atomic E-state index is 0.0374. The number of hydrogen-bond donors (Lipinski definition) is 1. The van der Waals surface area contributed by atoms with E-state index in [1.807, 2.05) is 0 Å². The Kier molecular flexibility index (Phi) is 3.97. The zero-order valence-electron chi connectivity index (χ0n) is 11.5. The van der Waals surface area contributed by atoms with Crippen molar-refractivity contribution in [1.82, 2.24) is 10.4 Å². The van der Waals surface area contributed by atoms with Crippen LogP contribution in [0.15, 0.2) is 0 Å². The smallest absolute Gasteiger partial charge is 0.233 e. The normalized spacial score (nSPS) is 28.1. The molecule has 1 aliphatic heterocycles. The maximum atomic E-state index is 11.5. The first kappa shape index (κ1) is 14.2. The van der Waals surface area contributed by atoms with Gasteiger partial charge < -0.3 is 4.79 Å². The van der Waals surface area contributed by atoms with E-state index in [9.17, 15) is 9.59 Å². The average molecular weight is 240 g/mol. The highest BCUT2D eigenvalue weighted by atomic mass is 16.2. The van der Waals surface area contributed by atoms with Crippen LogP contribution in [0.5, 0.6) is 0 Å². The Balaban J connectivity index is 2.92. The molecule has 0 saturated carbocycles. The van der Waals surface area contributed by atoms with Crippen LogP contribution in [0.1, 0.15) is 47.5 Å². The molecular formula is C13H24N2O2. The van der Waals surface area contributed by atoms with Crippen molar-refractivity contribution >= 4 is 12.2 Å². The first-order chi connectivity index (χ1) is 7.65. The Labute approximate surface area is 104 Å². The average Bonchev–Trinajstić information content (AvgIpc) is 2.10. The molecule has 98 valence electrons. The summed E-state index contributed by atoms with van der Waals surface area (Å²) in [6, 6.07) is -0.273. The molecule has 1 heterocycles. The number of rotatable bonds is 1. The Morgan fingerprint density at radius 1 is 1.29 bits per heavy atom. The molecule has 1 rings (SSSR count). The molecule has 1 saturated heterocycles. The van der Waals surface area contributed by atoms with E-state index in [4.69, 9.17) is 0 Å². The Morgan fingerprint density at radius 2 is 1.88 bits per heavy atom. The van der Waals surface area contributed by atoms with Crippen LogP contribution in [0.3, 0.4) is 0 Å². The molecule has 0 aromatic rings. The van der Waals surface area contributed by atoms with Gasteiger partial charge in [0.05, 0.1) is 6.04 Å². The second kappa shape index (κ2) is 4.77. The lowest BCUT2D eigenvalue weighted by Gasteiger charge is -2.43. The van der Waals surface area contributed by atoms with E-state index in [0.717, 1.165) is 19.1 Å². The van der Waals surface area contributed by atoms with E-state index < -0.39 is 0 Å². The third kappa shape index (κ3) is 4.11. The zero-order chi connectivity index (χ0) is 13.3. The molecule has 0 aliphatic carbocycles. The fraction of sp³-hybridized carbons (Fsp3) is 0.846. The van der Waals surface area contributed by atoms with Gasteiger partial charge in [-0.15, -0.1) is 0 Å². The number of aldehydes is 1. The number of hydrogen-bond acceptors (Lipinski definition) is 3. The van der Waals surface area contributed by atoms with Gasteiger partial charge in [0.15, 0.2) is 0 Å². The number of hydrazine groups is 1. The maximum absolute atomic E-state index is 11.5. The van der Waals surface area contributed by atoms with E-state index in [0.29, 0.717) is 6.54 Å². The van der Waals surface area contributed by atoms with Crippen molar-refractivity contribution in [3.05, 3.63) is 0 Å². The van der Waals surface area contributed by atoms with Gasteiger partial charge in [-0.3, -0.25) is 9.80 Å². The molecular weight excluding hydrogens is 216 g/mol. The molecule has 1 amide bonds. The summed E-state index contributed by atoms with van der Waals surface area (Å²) in [6.07, 6.45) is 2.65. The Hall–Kier alpha value is -0.900. The predicted molar refractivity (Wildman–Crippen MR) is 67.2 cm³/mol. The molecule has 1 atom stereocenters. The summed E-state index contributed by atoms with van der Waals surface area (Å²) >= 11 is 0. The summed E-state index contributed by atoms with van der Waals surface area (Å²) in [4.78, 5) is 22.6. The molecule has 0 aromatic carbocycles. The van der Waals surface area contributed by atoms with Gasteiger partial charge in [0, 0.05) is 13.5 Å². The van der Waals surface area contributed by atoms with E-state index in [1.165, 1.54) is 6.92 Å². The fourth-order valence-electron chi connectivity index (χ4n) is 3.02. The van der Waals surface area contributed by atoms with Crippen molar-refractivity contribution in [2.24, 2.45) is 10.8 Å². The van der Waals surface area contributed by atoms with Gasteiger partial charge in [0.25, 0.3) is 0 Å². The summed E-state index contributed by atoms with van der Waals surface area (Å²) in [6.45, 7) is 10.8. The van der Waals surface area contributed by atoms with Crippen molar-refractivity contribution in [2.75, 3.05) is 6.54 Å². The molecule has 0 radical (unpaired) electrons. The van der Waals surface area contributed by atoms with Crippen molar-refractivity contribution in [3.63, 3.8) is 0 Å². The monoisotopic (exact) mass is 240 g/mol. The third-order valence-electron chi connectivity index (χ3n) is 3.18. The highest BCUT2D eigenvalue weighted by Crippen LogP contribution is 2.38. The lowest BCUT2D eigenvalue weighted by molar-refractivity contribution is -0.137. The van der Waals surface area contributed by atoms with Crippen molar-refractivity contribution in [2.45, 2.75) is 53.5 Å². The van der Waals surface area contributed by atoms with Gasteiger partial charge in [-0.05, 0) is 23.7 Å². The van der Waals surface area contributed by atoms with Crippen LogP contribution in [0.4, 0.5) is 0 Å². The Bertz CT molecular complexity index is 311. The van der Waals surface area contributed by atoms with E-state index >= 15 is 0 Å². The lowest BCUT2D eigenvalue weighted by atomic mass is 9.71. The topological polar surface area (TPSA) is 49.4 Å². The van der Waals surface area contributed by atoms with Crippen molar-refractivity contribution in [3.8, 4) is 0 Å². The van der Waals surface area contributed by atoms with Gasteiger partial charge in [0.1, 0.15) is 6.29 Å². The van der Waals surface area contributed by atoms with Gasteiger partial charge in [-0.1, -0.05) is 27.7 Å². The number of carbonyl (C=O) groups is 2. The van der Waals surface area contributed by atoms with Crippen LogP contribution >= 0.6 is 0 Å². The summed E-state index contributed by atoms with van der Waals surface area (Å²) < 4.78 is 0. The summed E-state index contributed by atoms with van der Waals surface area (Å²) in [5.41, 5.74) is 3.19. The summed E-state index contributed by atoms with van der Waals surface area (Å²) in [5, 5.41) is 1.58. The molecule has 1 aliphatic rings.